The molecule has 214 valence electrons. The molecule has 39 heavy (non-hydrogen) atoms. The highest BCUT2D eigenvalue weighted by Gasteiger charge is 2.41. The van der Waals surface area contributed by atoms with Crippen LogP contribution in [0, 0.1) is 5.82 Å². The highest BCUT2D eigenvalue weighted by Crippen LogP contribution is 2.41. The van der Waals surface area contributed by atoms with Crippen molar-refractivity contribution in [2.45, 2.75) is 92.6 Å². The van der Waals surface area contributed by atoms with Gasteiger partial charge in [-0.2, -0.15) is 13.2 Å². The van der Waals surface area contributed by atoms with Gasteiger partial charge in [0.2, 0.25) is 15.9 Å². The number of benzene rings is 1. The second-order valence-corrected chi connectivity index (χ2v) is 13.5. The van der Waals surface area contributed by atoms with Crippen LogP contribution in [0.5, 0.6) is 0 Å². The Balaban J connectivity index is 1.58. The van der Waals surface area contributed by atoms with Gasteiger partial charge in [-0.05, 0) is 49.4 Å². The van der Waals surface area contributed by atoms with Crippen molar-refractivity contribution in [1.29, 1.82) is 0 Å². The number of aromatic nitrogens is 1. The Morgan fingerprint density at radius 2 is 1.72 bits per heavy atom. The van der Waals surface area contributed by atoms with E-state index in [0.717, 1.165) is 63.7 Å². The van der Waals surface area contributed by atoms with Crippen LogP contribution in [0.4, 0.5) is 23.2 Å². The second-order valence-electron chi connectivity index (χ2n) is 10.4. The lowest BCUT2D eigenvalue weighted by Crippen LogP contribution is -2.45. The third kappa shape index (κ3) is 7.45. The van der Waals surface area contributed by atoms with E-state index in [1.165, 1.54) is 30.0 Å². The molecule has 0 atom stereocenters. The Labute approximate surface area is 230 Å². The molecule has 2 fully saturated rings. The summed E-state index contributed by atoms with van der Waals surface area (Å²) in [6.45, 7) is -0.00300. The first kappa shape index (κ1) is 29.6. The normalized spacial score (nSPS) is 18.5. The Hall–Kier alpha value is -2.34. The molecule has 6 nitrogen and oxygen atoms in total. The van der Waals surface area contributed by atoms with Crippen molar-refractivity contribution in [3.8, 4) is 0 Å². The molecule has 1 aromatic carbocycles. The van der Waals surface area contributed by atoms with Crippen molar-refractivity contribution in [3.63, 3.8) is 0 Å². The molecule has 1 aromatic heterocycles. The van der Waals surface area contributed by atoms with Gasteiger partial charge in [0.15, 0.2) is 0 Å². The molecule has 0 aliphatic heterocycles. The van der Waals surface area contributed by atoms with Gasteiger partial charge in [0.25, 0.3) is 0 Å². The molecule has 0 radical (unpaired) electrons. The number of thioether (sulfide) groups is 1. The number of pyridine rings is 1. The van der Waals surface area contributed by atoms with Crippen molar-refractivity contribution < 1.29 is 30.8 Å². The predicted molar refractivity (Wildman–Crippen MR) is 143 cm³/mol. The van der Waals surface area contributed by atoms with Crippen LogP contribution in [0.3, 0.4) is 0 Å². The summed E-state index contributed by atoms with van der Waals surface area (Å²) in [5.74, 6) is -1.12. The van der Waals surface area contributed by atoms with E-state index < -0.39 is 33.1 Å². The number of sulfonamides is 1. The number of halogens is 4. The van der Waals surface area contributed by atoms with E-state index >= 15 is 0 Å². The van der Waals surface area contributed by atoms with Crippen molar-refractivity contribution in [2.24, 2.45) is 0 Å². The molecular weight excluding hydrogens is 554 g/mol. The summed E-state index contributed by atoms with van der Waals surface area (Å²) in [5.41, 5.74) is -1.24. The number of nitrogens with one attached hydrogen (secondary N) is 2. The van der Waals surface area contributed by atoms with Gasteiger partial charge in [0.1, 0.15) is 16.5 Å². The summed E-state index contributed by atoms with van der Waals surface area (Å²) in [6, 6.07) is 6.38. The minimum atomic E-state index is -4.57. The maximum absolute atomic E-state index is 14.9. The van der Waals surface area contributed by atoms with Gasteiger partial charge < -0.3 is 5.32 Å². The van der Waals surface area contributed by atoms with Crippen LogP contribution in [0.15, 0.2) is 35.4 Å². The first-order chi connectivity index (χ1) is 18.4. The van der Waals surface area contributed by atoms with E-state index in [9.17, 15) is 30.8 Å². The van der Waals surface area contributed by atoms with Crippen molar-refractivity contribution >= 4 is 33.4 Å². The maximum atomic E-state index is 14.9. The van der Waals surface area contributed by atoms with Crippen LogP contribution in [0.2, 0.25) is 0 Å². The molecular formula is C27H33F4N3O3S2. The van der Waals surface area contributed by atoms with E-state index in [1.807, 2.05) is 0 Å². The quantitative estimate of drug-likeness (QED) is 0.342. The van der Waals surface area contributed by atoms with Gasteiger partial charge in [0, 0.05) is 17.4 Å². The maximum Gasteiger partial charge on any atom is 0.433 e. The topological polar surface area (TPSA) is 88.2 Å². The molecule has 1 amide bonds. The third-order valence-corrected chi connectivity index (χ3v) is 9.43. The van der Waals surface area contributed by atoms with Gasteiger partial charge in [-0.1, -0.05) is 50.7 Å². The highest BCUT2D eigenvalue weighted by atomic mass is 32.2. The first-order valence-electron chi connectivity index (χ1n) is 13.2. The smallest absolute Gasteiger partial charge is 0.351 e. The number of hydrogen-bond acceptors (Lipinski definition) is 5. The number of carbonyl (C=O) groups is 1. The van der Waals surface area contributed by atoms with E-state index in [0.29, 0.717) is 24.0 Å². The molecule has 2 N–H and O–H groups in total. The minimum Gasteiger partial charge on any atom is -0.351 e. The Bertz CT molecular complexity index is 1290. The van der Waals surface area contributed by atoms with Crippen LogP contribution in [0.1, 0.15) is 81.0 Å². The molecule has 12 heteroatoms. The zero-order valence-corrected chi connectivity index (χ0v) is 23.4. The van der Waals surface area contributed by atoms with Gasteiger partial charge >= 0.3 is 6.18 Å². The van der Waals surface area contributed by atoms with Crippen LogP contribution in [-0.4, -0.2) is 30.8 Å². The number of amides is 1. The van der Waals surface area contributed by atoms with Gasteiger partial charge in [-0.15, -0.1) is 11.8 Å². The molecule has 4 rings (SSSR count). The van der Waals surface area contributed by atoms with E-state index in [-0.39, 0.29) is 28.4 Å². The zero-order valence-electron chi connectivity index (χ0n) is 21.7. The highest BCUT2D eigenvalue weighted by molar-refractivity contribution is 7.99. The number of alkyl halides is 3. The second kappa shape index (κ2) is 12.0. The van der Waals surface area contributed by atoms with E-state index in [4.69, 9.17) is 0 Å². The molecule has 0 saturated heterocycles. The van der Waals surface area contributed by atoms with Gasteiger partial charge in [-0.3, -0.25) is 9.52 Å². The molecule has 2 aliphatic carbocycles. The standard InChI is InChI=1S/C27H33F4N3O3S2/c1-39(36,37)34-22-12-11-19(16-21(22)28)26(14-6-3-7-15-26)25(35)32-17-18-10-13-23(27(29,30)31)33-24(18)38-20-8-4-2-5-9-20/h10-13,16,20,34H,2-9,14-15,17H2,1H3,(H,32,35). The largest absolute Gasteiger partial charge is 0.433 e. The Morgan fingerprint density at radius 1 is 1.05 bits per heavy atom. The number of hydrogen-bond donors (Lipinski definition) is 2. The lowest BCUT2D eigenvalue weighted by Gasteiger charge is -2.36. The van der Waals surface area contributed by atoms with Crippen LogP contribution >= 0.6 is 11.8 Å². The van der Waals surface area contributed by atoms with Gasteiger partial charge in [0.05, 0.1) is 17.4 Å². The fourth-order valence-corrected chi connectivity index (χ4v) is 7.34. The summed E-state index contributed by atoms with van der Waals surface area (Å²) in [5, 5.41) is 3.36. The minimum absolute atomic E-state index is 0.00300. The fraction of sp³-hybridized carbons (Fsp3) is 0.556. The molecule has 1 heterocycles. The van der Waals surface area contributed by atoms with E-state index in [2.05, 4.69) is 15.0 Å². The molecule has 2 saturated carbocycles. The third-order valence-electron chi connectivity index (χ3n) is 7.46. The lowest BCUT2D eigenvalue weighted by molar-refractivity contribution is -0.141. The molecule has 0 spiro atoms. The first-order valence-corrected chi connectivity index (χ1v) is 15.9. The Morgan fingerprint density at radius 3 is 2.33 bits per heavy atom. The summed E-state index contributed by atoms with van der Waals surface area (Å²) in [6.07, 6.45) is 4.73. The van der Waals surface area contributed by atoms with Crippen molar-refractivity contribution in [3.05, 3.63) is 53.0 Å². The molecule has 0 bridgehead atoms. The van der Waals surface area contributed by atoms with Crippen LogP contribution in [-0.2, 0) is 33.0 Å². The number of carbonyl (C=O) groups excluding carboxylic acids is 1. The SMILES string of the molecule is CS(=O)(=O)Nc1ccc(C2(C(=O)NCc3ccc(C(F)(F)F)nc3SC3CCCCC3)CCCCC2)cc1F. The van der Waals surface area contributed by atoms with E-state index in [1.54, 1.807) is 6.07 Å². The lowest BCUT2D eigenvalue weighted by atomic mass is 9.68. The summed E-state index contributed by atoms with van der Waals surface area (Å²) < 4.78 is 80.3. The van der Waals surface area contributed by atoms with Gasteiger partial charge in [-0.25, -0.2) is 17.8 Å². The van der Waals surface area contributed by atoms with Crippen LogP contribution < -0.4 is 10.0 Å². The van der Waals surface area contributed by atoms with Crippen LogP contribution in [0.25, 0.3) is 0 Å². The monoisotopic (exact) mass is 587 g/mol. The summed E-state index contributed by atoms with van der Waals surface area (Å²) in [4.78, 5) is 17.6. The number of nitrogens with zero attached hydrogens (tertiary/aromatic N) is 1. The fourth-order valence-electron chi connectivity index (χ4n) is 5.45. The number of rotatable bonds is 8. The van der Waals surface area contributed by atoms with Crippen molar-refractivity contribution in [2.75, 3.05) is 11.0 Å². The average molecular weight is 588 g/mol. The Kier molecular flexibility index (Phi) is 9.15. The predicted octanol–water partition coefficient (Wildman–Crippen LogP) is 6.55. The molecule has 0 unspecified atom stereocenters. The summed E-state index contributed by atoms with van der Waals surface area (Å²) in [7, 11) is -3.68. The molecule has 2 aromatic rings. The average Bonchev–Trinajstić information content (AvgIpc) is 2.88. The zero-order chi connectivity index (χ0) is 28.3. The number of anilines is 1. The summed E-state index contributed by atoms with van der Waals surface area (Å²) >= 11 is 1.34. The van der Waals surface area contributed by atoms with Crippen molar-refractivity contribution in [1.82, 2.24) is 10.3 Å². The molecule has 2 aliphatic rings.